The Kier molecular flexibility index (Phi) is 18.2. The molecule has 6 amide bonds. The second-order valence-electron chi connectivity index (χ2n) is 23.7. The average molecular weight is 1150 g/mol. The van der Waals surface area contributed by atoms with Crippen LogP contribution in [0.25, 0.3) is 0 Å². The van der Waals surface area contributed by atoms with Gasteiger partial charge >= 0.3 is 0 Å². The molecule has 78 heavy (non-hydrogen) atoms. The topological polar surface area (TPSA) is 212 Å². The molecule has 7 aliphatic rings. The number of thioether (sulfide) groups is 2. The Hall–Kier alpha value is -4.42. The molecule has 2 aliphatic carbocycles. The van der Waals surface area contributed by atoms with Gasteiger partial charge in [0.25, 0.3) is 0 Å². The first-order valence-electron chi connectivity index (χ1n) is 27.8. The third-order valence-corrected chi connectivity index (χ3v) is 21.0. The van der Waals surface area contributed by atoms with Gasteiger partial charge in [0.2, 0.25) is 35.4 Å². The summed E-state index contributed by atoms with van der Waals surface area (Å²) >= 11 is 14.7. The fourth-order valence-electron chi connectivity index (χ4n) is 12.8. The summed E-state index contributed by atoms with van der Waals surface area (Å²) in [5.74, 6) is -0.667. The molecule has 5 saturated heterocycles. The summed E-state index contributed by atoms with van der Waals surface area (Å²) in [7, 11) is 3.65. The lowest BCUT2D eigenvalue weighted by molar-refractivity contribution is -0.143. The fourth-order valence-corrected chi connectivity index (χ4v) is 16.5. The van der Waals surface area contributed by atoms with Gasteiger partial charge in [0.05, 0.1) is 70.1 Å². The minimum atomic E-state index is -0.737. The third kappa shape index (κ3) is 12.1. The zero-order chi connectivity index (χ0) is 55.8. The highest BCUT2D eigenvalue weighted by Crippen LogP contribution is 2.49. The van der Waals surface area contributed by atoms with E-state index in [0.29, 0.717) is 88.0 Å². The standard InChI is InChI=1S/C56H80N12O6S4/c1-31(57-7)51(75)61-39-17-23-77-41-27-55(3,4)45(67(41)53(39)73)49(71)63-43-35-15-11-9-13-33(35)25-37(43)47(69)59-29-65-19-21-66(22-20-65)30-60-48(70)38-26-34-14-10-12-16-36(34)44(38)64-50(72)46-56(5,6)28-42-68(46)54(74)40(18-24-78-42)62-52(76)32(2)58-8/h9-16,31-32,37-46,57-58H,17-30H2,1-8H3,(H,59,69)(H,60,70)(H,61,75)(H,62,76)(H,63,71)(H,64,72)/t31-,32-,37+,38?,39-,40-,41-,42-,43-,44-,45+,46+/m0/s1. The lowest BCUT2D eigenvalue weighted by Crippen LogP contribution is -2.58. The minimum Gasteiger partial charge on any atom is -0.367 e. The van der Waals surface area contributed by atoms with Gasteiger partial charge in [-0.05, 0) is 111 Å². The number of amides is 6. The highest BCUT2D eigenvalue weighted by atomic mass is 32.2. The summed E-state index contributed by atoms with van der Waals surface area (Å²) in [6, 6.07) is 11.8. The Morgan fingerprint density at radius 2 is 0.962 bits per heavy atom. The highest BCUT2D eigenvalue weighted by molar-refractivity contribution is 8.00. The molecule has 9 rings (SSSR count). The molecule has 8 N–H and O–H groups in total. The Labute approximate surface area is 479 Å². The van der Waals surface area contributed by atoms with Crippen LogP contribution in [0.1, 0.15) is 102 Å². The van der Waals surface area contributed by atoms with E-state index in [4.69, 9.17) is 24.4 Å². The van der Waals surface area contributed by atoms with Crippen molar-refractivity contribution in [1.82, 2.24) is 62.1 Å². The Balaban J connectivity index is 0.788. The van der Waals surface area contributed by atoms with Gasteiger partial charge in [-0.3, -0.25) is 38.6 Å². The van der Waals surface area contributed by atoms with Crippen LogP contribution in [-0.2, 0) is 41.6 Å². The van der Waals surface area contributed by atoms with E-state index >= 15 is 0 Å². The predicted molar refractivity (Wildman–Crippen MR) is 314 cm³/mol. The molecule has 5 aliphatic heterocycles. The molecule has 0 saturated carbocycles. The van der Waals surface area contributed by atoms with E-state index in [1.165, 1.54) is 0 Å². The van der Waals surface area contributed by atoms with Crippen LogP contribution in [0, 0.1) is 22.7 Å². The summed E-state index contributed by atoms with van der Waals surface area (Å²) in [5, 5.41) is 25.6. The van der Waals surface area contributed by atoms with Gasteiger partial charge in [-0.1, -0.05) is 101 Å². The van der Waals surface area contributed by atoms with Gasteiger partial charge in [-0.15, -0.1) is 23.5 Å². The average Bonchev–Trinajstić information content (AvgIpc) is 4.19. The number of rotatable bonds is 16. The van der Waals surface area contributed by atoms with Crippen LogP contribution >= 0.6 is 48.0 Å². The maximum Gasteiger partial charge on any atom is 0.246 e. The molecule has 2 aromatic carbocycles. The predicted octanol–water partition coefficient (Wildman–Crippen LogP) is 2.78. The van der Waals surface area contributed by atoms with Crippen LogP contribution in [0.4, 0.5) is 0 Å². The Morgan fingerprint density at radius 3 is 1.33 bits per heavy atom. The second-order valence-corrected chi connectivity index (χ2v) is 27.1. The summed E-state index contributed by atoms with van der Waals surface area (Å²) in [6.45, 7) is 15.4. The van der Waals surface area contributed by atoms with Crippen LogP contribution in [0.2, 0.25) is 0 Å². The molecule has 0 aromatic heterocycles. The van der Waals surface area contributed by atoms with Gasteiger partial charge < -0.3 is 52.3 Å². The maximum atomic E-state index is 14.7. The SMILES string of the molecule is CN[C@@H](C)C(=S)N[C@H]1CCS[C@H]2CC(C)(C)[C@@H](C(=O)N[C@H]3c4ccccc4CC3C(=O)NCN3CCN(CNC(=O)[C@@H]4Cc5ccccc5[C@@H]4NC(=O)[C@H]4N5C(=O)[C@@H](NC(=S)[C@H](C)NC)CCS[C@H]5CC4(C)C)CC3)N2C1=O. The number of likely N-dealkylation sites (N-methyl/N-ethyl adjacent to an activating group) is 2. The van der Waals surface area contributed by atoms with E-state index in [2.05, 4.69) is 52.3 Å². The monoisotopic (exact) mass is 1140 g/mol. The first-order chi connectivity index (χ1) is 37.2. The molecule has 1 unspecified atom stereocenters. The van der Waals surface area contributed by atoms with Crippen molar-refractivity contribution in [1.29, 1.82) is 0 Å². The van der Waals surface area contributed by atoms with Crippen LogP contribution in [0.15, 0.2) is 48.5 Å². The summed E-state index contributed by atoms with van der Waals surface area (Å²) < 4.78 is 0. The molecule has 0 bridgehead atoms. The smallest absolute Gasteiger partial charge is 0.246 e. The van der Waals surface area contributed by atoms with Gasteiger partial charge in [0.1, 0.15) is 24.2 Å². The lowest BCUT2D eigenvalue weighted by atomic mass is 9.83. The summed E-state index contributed by atoms with van der Waals surface area (Å²) in [4.78, 5) is 95.8. The van der Waals surface area contributed by atoms with E-state index in [0.717, 1.165) is 33.8 Å². The van der Waals surface area contributed by atoms with Crippen LogP contribution in [0.5, 0.6) is 0 Å². The number of carbonyl (C=O) groups is 6. The quantitative estimate of drug-likeness (QED) is 0.114. The summed E-state index contributed by atoms with van der Waals surface area (Å²) in [5.41, 5.74) is 2.81. The van der Waals surface area contributed by atoms with Gasteiger partial charge in [-0.25, -0.2) is 0 Å². The van der Waals surface area contributed by atoms with Gasteiger partial charge in [-0.2, -0.15) is 0 Å². The Bertz CT molecular complexity index is 2460. The van der Waals surface area contributed by atoms with Gasteiger partial charge in [0, 0.05) is 26.2 Å². The number of nitrogens with zero attached hydrogens (tertiary/aromatic N) is 4. The van der Waals surface area contributed by atoms with Crippen molar-refractivity contribution in [3.8, 4) is 0 Å². The number of hydrogen-bond donors (Lipinski definition) is 8. The van der Waals surface area contributed by atoms with Crippen molar-refractivity contribution in [3.05, 3.63) is 70.8 Å². The van der Waals surface area contributed by atoms with Crippen molar-refractivity contribution in [2.75, 3.05) is 65.1 Å². The van der Waals surface area contributed by atoms with Gasteiger partial charge in [0.15, 0.2) is 0 Å². The van der Waals surface area contributed by atoms with Crippen LogP contribution in [0.3, 0.4) is 0 Å². The zero-order valence-electron chi connectivity index (χ0n) is 46.3. The number of carbonyl (C=O) groups excluding carboxylic acids is 6. The minimum absolute atomic E-state index is 0.112. The Morgan fingerprint density at radius 1 is 0.590 bits per heavy atom. The van der Waals surface area contributed by atoms with Crippen molar-refractivity contribution < 1.29 is 28.8 Å². The molecule has 0 spiro atoms. The second kappa shape index (κ2) is 24.4. The van der Waals surface area contributed by atoms with Crippen LogP contribution in [-0.4, -0.2) is 177 Å². The first-order valence-corrected chi connectivity index (χ1v) is 30.7. The molecular weight excluding hydrogens is 1060 g/mol. The molecule has 0 radical (unpaired) electrons. The third-order valence-electron chi connectivity index (χ3n) is 17.5. The van der Waals surface area contributed by atoms with E-state index in [1.54, 1.807) is 33.3 Å². The molecule has 2 aromatic rings. The number of nitrogens with one attached hydrogen (secondary N) is 8. The van der Waals surface area contributed by atoms with Crippen molar-refractivity contribution in [3.63, 3.8) is 0 Å². The number of thiocarbonyl (C=S) groups is 2. The number of piperazine rings is 1. The number of benzene rings is 2. The molecule has 18 nitrogen and oxygen atoms in total. The normalized spacial score (nSPS) is 30.1. The fraction of sp³-hybridized carbons (Fsp3) is 0.643. The van der Waals surface area contributed by atoms with Crippen LogP contribution < -0.4 is 42.5 Å². The van der Waals surface area contributed by atoms with Crippen molar-refractivity contribution >= 4 is 93.4 Å². The molecule has 12 atom stereocenters. The van der Waals surface area contributed by atoms with E-state index < -0.39 is 58.9 Å². The summed E-state index contributed by atoms with van der Waals surface area (Å²) in [6.07, 6.45) is 3.48. The van der Waals surface area contributed by atoms with E-state index in [1.807, 2.05) is 104 Å². The molecular formula is C56H80N12O6S4. The number of fused-ring (bicyclic) bond motifs is 4. The van der Waals surface area contributed by atoms with Crippen molar-refractivity contribution in [2.45, 2.75) is 139 Å². The van der Waals surface area contributed by atoms with E-state index in [9.17, 15) is 28.8 Å². The maximum absolute atomic E-state index is 14.7. The highest BCUT2D eigenvalue weighted by Gasteiger charge is 2.57. The molecule has 5 heterocycles. The van der Waals surface area contributed by atoms with Crippen molar-refractivity contribution in [2.24, 2.45) is 22.7 Å². The zero-order valence-corrected chi connectivity index (χ0v) is 49.6. The molecule has 22 heteroatoms. The molecule has 5 fully saturated rings. The largest absolute Gasteiger partial charge is 0.367 e. The first kappa shape index (κ1) is 58.2. The van der Waals surface area contributed by atoms with E-state index in [-0.39, 0.29) is 58.3 Å². The molecule has 424 valence electrons. The lowest BCUT2D eigenvalue weighted by Gasteiger charge is -2.36. The number of hydrogen-bond acceptors (Lipinski definition) is 14.